The molecule has 4 nitrogen and oxygen atoms in total. The molecule has 1 aromatic heterocycles. The summed E-state index contributed by atoms with van der Waals surface area (Å²) in [6, 6.07) is 10.6. The van der Waals surface area contributed by atoms with Gasteiger partial charge in [-0.3, -0.25) is 4.68 Å². The van der Waals surface area contributed by atoms with Gasteiger partial charge in [-0.1, -0.05) is 17.7 Å². The van der Waals surface area contributed by atoms with Crippen LogP contribution in [-0.4, -0.2) is 16.3 Å². The van der Waals surface area contributed by atoms with E-state index in [2.05, 4.69) is 54.2 Å². The van der Waals surface area contributed by atoms with Crippen LogP contribution < -0.4 is 4.90 Å². The second-order valence-corrected chi connectivity index (χ2v) is 4.60. The molecular formula is C15H18N4. The third-order valence-corrected chi connectivity index (χ3v) is 3.22. The van der Waals surface area contributed by atoms with Crippen LogP contribution in [0.5, 0.6) is 0 Å². The first-order chi connectivity index (χ1) is 9.08. The highest BCUT2D eigenvalue weighted by Crippen LogP contribution is 2.29. The molecule has 2 rings (SSSR count). The maximum absolute atomic E-state index is 9.32. The number of nitriles is 1. The molecule has 0 saturated heterocycles. The molecular weight excluding hydrogens is 236 g/mol. The molecule has 0 spiro atoms. The maximum atomic E-state index is 9.32. The number of hydrogen-bond donors (Lipinski definition) is 0. The molecule has 0 radical (unpaired) electrons. The minimum Gasteiger partial charge on any atom is -0.326 e. The van der Waals surface area contributed by atoms with Gasteiger partial charge in [-0.15, -0.1) is 0 Å². The van der Waals surface area contributed by atoms with Crippen LogP contribution in [0, 0.1) is 25.2 Å². The Hall–Kier alpha value is -2.28. The number of aryl methyl sites for hydroxylation is 3. The Labute approximate surface area is 113 Å². The SMILES string of the molecule is CCN(c1ccc(C)cc1)c1c(C#N)c(C)nn1C. The van der Waals surface area contributed by atoms with Gasteiger partial charge in [-0.2, -0.15) is 10.4 Å². The molecule has 0 aliphatic heterocycles. The summed E-state index contributed by atoms with van der Waals surface area (Å²) in [5.74, 6) is 0.853. The quantitative estimate of drug-likeness (QED) is 0.845. The first-order valence-corrected chi connectivity index (χ1v) is 6.36. The Bertz CT molecular complexity index is 617. The molecule has 4 heteroatoms. The van der Waals surface area contributed by atoms with Crippen molar-refractivity contribution >= 4 is 11.5 Å². The van der Waals surface area contributed by atoms with Gasteiger partial charge in [0.15, 0.2) is 0 Å². The van der Waals surface area contributed by atoms with Crippen LogP contribution in [0.25, 0.3) is 0 Å². The molecule has 0 fully saturated rings. The van der Waals surface area contributed by atoms with E-state index < -0.39 is 0 Å². The van der Waals surface area contributed by atoms with Crippen LogP contribution in [0.4, 0.5) is 11.5 Å². The Morgan fingerprint density at radius 3 is 2.42 bits per heavy atom. The van der Waals surface area contributed by atoms with Crippen LogP contribution in [0.15, 0.2) is 24.3 Å². The predicted octanol–water partition coefficient (Wildman–Crippen LogP) is 3.07. The molecule has 19 heavy (non-hydrogen) atoms. The van der Waals surface area contributed by atoms with Crippen molar-refractivity contribution in [2.75, 3.05) is 11.4 Å². The van der Waals surface area contributed by atoms with Gasteiger partial charge in [0.05, 0.1) is 5.69 Å². The number of nitrogens with zero attached hydrogens (tertiary/aromatic N) is 4. The van der Waals surface area contributed by atoms with E-state index in [1.165, 1.54) is 5.56 Å². The van der Waals surface area contributed by atoms with Gasteiger partial charge in [-0.05, 0) is 32.9 Å². The lowest BCUT2D eigenvalue weighted by atomic mass is 10.2. The molecule has 2 aromatic rings. The second-order valence-electron chi connectivity index (χ2n) is 4.60. The molecule has 1 heterocycles. The molecule has 0 aliphatic rings. The van der Waals surface area contributed by atoms with Crippen LogP contribution in [-0.2, 0) is 7.05 Å². The third-order valence-electron chi connectivity index (χ3n) is 3.22. The van der Waals surface area contributed by atoms with Crippen molar-refractivity contribution in [1.82, 2.24) is 9.78 Å². The van der Waals surface area contributed by atoms with E-state index in [4.69, 9.17) is 0 Å². The summed E-state index contributed by atoms with van der Waals surface area (Å²) in [5.41, 5.74) is 3.71. The van der Waals surface area contributed by atoms with Gasteiger partial charge in [-0.25, -0.2) is 0 Å². The fourth-order valence-electron chi connectivity index (χ4n) is 2.27. The summed E-state index contributed by atoms with van der Waals surface area (Å²) in [6.07, 6.45) is 0. The Morgan fingerprint density at radius 2 is 1.89 bits per heavy atom. The normalized spacial score (nSPS) is 10.3. The average Bonchev–Trinajstić information content (AvgIpc) is 2.67. The van der Waals surface area contributed by atoms with E-state index in [9.17, 15) is 5.26 Å². The minimum atomic E-state index is 0.643. The zero-order chi connectivity index (χ0) is 14.0. The van der Waals surface area contributed by atoms with E-state index >= 15 is 0 Å². The Kier molecular flexibility index (Phi) is 3.57. The summed E-state index contributed by atoms with van der Waals surface area (Å²) >= 11 is 0. The van der Waals surface area contributed by atoms with Crippen molar-refractivity contribution < 1.29 is 0 Å². The molecule has 0 bridgehead atoms. The smallest absolute Gasteiger partial charge is 0.149 e. The molecule has 1 aromatic carbocycles. The van der Waals surface area contributed by atoms with Crippen molar-refractivity contribution in [3.63, 3.8) is 0 Å². The van der Waals surface area contributed by atoms with E-state index in [0.29, 0.717) is 5.56 Å². The zero-order valence-corrected chi connectivity index (χ0v) is 11.8. The van der Waals surface area contributed by atoms with E-state index in [-0.39, 0.29) is 0 Å². The van der Waals surface area contributed by atoms with Crippen molar-refractivity contribution in [2.45, 2.75) is 20.8 Å². The summed E-state index contributed by atoms with van der Waals surface area (Å²) in [6.45, 7) is 6.79. The summed E-state index contributed by atoms with van der Waals surface area (Å²) in [7, 11) is 1.88. The highest BCUT2D eigenvalue weighted by atomic mass is 15.4. The topological polar surface area (TPSA) is 44.9 Å². The lowest BCUT2D eigenvalue weighted by molar-refractivity contribution is 0.742. The highest BCUT2D eigenvalue weighted by Gasteiger charge is 2.19. The largest absolute Gasteiger partial charge is 0.326 e. The second kappa shape index (κ2) is 5.15. The van der Waals surface area contributed by atoms with Gasteiger partial charge >= 0.3 is 0 Å². The van der Waals surface area contributed by atoms with Gasteiger partial charge in [0, 0.05) is 19.3 Å². The van der Waals surface area contributed by atoms with E-state index in [1.807, 2.05) is 14.0 Å². The Morgan fingerprint density at radius 1 is 1.26 bits per heavy atom. The first-order valence-electron chi connectivity index (χ1n) is 6.36. The standard InChI is InChI=1S/C15H18N4/c1-5-19(13-8-6-11(2)7-9-13)15-14(10-16)12(3)17-18(15)4/h6-9H,5H2,1-4H3. The number of benzene rings is 1. The Balaban J connectivity index is 2.54. The highest BCUT2D eigenvalue weighted by molar-refractivity contribution is 5.67. The van der Waals surface area contributed by atoms with E-state index in [1.54, 1.807) is 4.68 Å². The lowest BCUT2D eigenvalue weighted by Crippen LogP contribution is -2.20. The van der Waals surface area contributed by atoms with Gasteiger partial charge < -0.3 is 4.90 Å². The predicted molar refractivity (Wildman–Crippen MR) is 76.5 cm³/mol. The van der Waals surface area contributed by atoms with E-state index in [0.717, 1.165) is 23.7 Å². The van der Waals surface area contributed by atoms with Crippen molar-refractivity contribution in [2.24, 2.45) is 7.05 Å². The molecule has 0 amide bonds. The maximum Gasteiger partial charge on any atom is 0.149 e. The van der Waals surface area contributed by atoms with Crippen molar-refractivity contribution in [1.29, 1.82) is 5.26 Å². The number of anilines is 2. The monoisotopic (exact) mass is 254 g/mol. The molecule has 0 aliphatic carbocycles. The first kappa shape index (κ1) is 13.2. The molecule has 0 unspecified atom stereocenters. The van der Waals surface area contributed by atoms with Crippen LogP contribution >= 0.6 is 0 Å². The average molecular weight is 254 g/mol. The van der Waals surface area contributed by atoms with Gasteiger partial charge in [0.1, 0.15) is 17.5 Å². The minimum absolute atomic E-state index is 0.643. The third kappa shape index (κ3) is 2.32. The van der Waals surface area contributed by atoms with Crippen molar-refractivity contribution in [3.05, 3.63) is 41.1 Å². The molecule has 0 N–H and O–H groups in total. The van der Waals surface area contributed by atoms with Crippen LogP contribution in [0.2, 0.25) is 0 Å². The lowest BCUT2D eigenvalue weighted by Gasteiger charge is -2.23. The number of rotatable bonds is 3. The van der Waals surface area contributed by atoms with Crippen LogP contribution in [0.1, 0.15) is 23.7 Å². The van der Waals surface area contributed by atoms with Crippen LogP contribution in [0.3, 0.4) is 0 Å². The fraction of sp³-hybridized carbons (Fsp3) is 0.333. The number of hydrogen-bond acceptors (Lipinski definition) is 3. The summed E-state index contributed by atoms with van der Waals surface area (Å²) in [5, 5.41) is 13.7. The summed E-state index contributed by atoms with van der Waals surface area (Å²) < 4.78 is 1.78. The van der Waals surface area contributed by atoms with Crippen molar-refractivity contribution in [3.8, 4) is 6.07 Å². The zero-order valence-electron chi connectivity index (χ0n) is 11.8. The molecule has 0 atom stereocenters. The van der Waals surface area contributed by atoms with Gasteiger partial charge in [0.25, 0.3) is 0 Å². The fourth-order valence-corrected chi connectivity index (χ4v) is 2.27. The molecule has 98 valence electrons. The van der Waals surface area contributed by atoms with Gasteiger partial charge in [0.2, 0.25) is 0 Å². The number of aromatic nitrogens is 2. The summed E-state index contributed by atoms with van der Waals surface area (Å²) in [4.78, 5) is 2.11. The molecule has 0 saturated carbocycles.